The highest BCUT2D eigenvalue weighted by Gasteiger charge is 2.33. The van der Waals surface area contributed by atoms with Gasteiger partial charge in [0.2, 0.25) is 0 Å². The van der Waals surface area contributed by atoms with E-state index >= 15 is 0 Å². The molecule has 2 aromatic carbocycles. The minimum atomic E-state index is 0.110. The fourth-order valence-corrected chi connectivity index (χ4v) is 2.97. The third kappa shape index (κ3) is 3.56. The maximum Gasteiger partial charge on any atom is 0.254 e. The second-order valence-corrected chi connectivity index (χ2v) is 6.67. The van der Waals surface area contributed by atoms with E-state index in [1.165, 1.54) is 0 Å². The van der Waals surface area contributed by atoms with Crippen LogP contribution in [0.5, 0.6) is 0 Å². The van der Waals surface area contributed by atoms with Crippen molar-refractivity contribution in [3.05, 3.63) is 63.2 Å². The Balaban J connectivity index is 1.83. The zero-order valence-corrected chi connectivity index (χ0v) is 13.8. The Bertz CT molecular complexity index is 667. The predicted octanol–water partition coefficient (Wildman–Crippen LogP) is 3.68. The van der Waals surface area contributed by atoms with Crippen LogP contribution >= 0.6 is 22.6 Å². The molecule has 0 aromatic heterocycles. The summed E-state index contributed by atoms with van der Waals surface area (Å²) in [5.41, 5.74) is 8.42. The molecular weight excluding hydrogens is 375 g/mol. The van der Waals surface area contributed by atoms with Gasteiger partial charge in [-0.3, -0.25) is 4.79 Å². The van der Waals surface area contributed by atoms with Gasteiger partial charge in [0.15, 0.2) is 0 Å². The van der Waals surface area contributed by atoms with Gasteiger partial charge in [-0.25, -0.2) is 0 Å². The van der Waals surface area contributed by atoms with Crippen LogP contribution in [0.3, 0.4) is 0 Å². The lowest BCUT2D eigenvalue weighted by molar-refractivity contribution is 0.0730. The van der Waals surface area contributed by atoms with Crippen molar-refractivity contribution < 1.29 is 4.79 Å². The Hall–Kier alpha value is -1.56. The monoisotopic (exact) mass is 392 g/mol. The maximum atomic E-state index is 12.8. The first-order valence-corrected chi connectivity index (χ1v) is 8.12. The molecule has 3 nitrogen and oxygen atoms in total. The number of hydrogen-bond acceptors (Lipinski definition) is 2. The summed E-state index contributed by atoms with van der Waals surface area (Å²) in [4.78, 5) is 14.7. The summed E-state index contributed by atoms with van der Waals surface area (Å²) < 4.78 is 1.08. The van der Waals surface area contributed by atoms with Crippen molar-refractivity contribution in [3.8, 4) is 0 Å². The molecule has 1 saturated carbocycles. The normalized spacial score (nSPS) is 14.0. The van der Waals surface area contributed by atoms with E-state index in [9.17, 15) is 4.79 Å². The molecular formula is C17H17IN2O. The highest BCUT2D eigenvalue weighted by atomic mass is 127. The Morgan fingerprint density at radius 3 is 2.62 bits per heavy atom. The molecule has 0 saturated heterocycles. The number of nitrogen functional groups attached to an aromatic ring is 1. The van der Waals surface area contributed by atoms with Crippen molar-refractivity contribution in [1.82, 2.24) is 4.90 Å². The molecule has 1 amide bonds. The molecule has 0 heterocycles. The van der Waals surface area contributed by atoms with Gasteiger partial charge in [0, 0.05) is 27.4 Å². The van der Waals surface area contributed by atoms with E-state index < -0.39 is 0 Å². The number of hydrogen-bond donors (Lipinski definition) is 1. The second-order valence-electron chi connectivity index (χ2n) is 5.42. The van der Waals surface area contributed by atoms with Crippen molar-refractivity contribution in [2.75, 3.05) is 5.73 Å². The highest BCUT2D eigenvalue weighted by molar-refractivity contribution is 14.1. The van der Waals surface area contributed by atoms with Crippen LogP contribution in [-0.2, 0) is 6.54 Å². The smallest absolute Gasteiger partial charge is 0.254 e. The minimum absolute atomic E-state index is 0.110. The molecule has 0 bridgehead atoms. The van der Waals surface area contributed by atoms with Gasteiger partial charge in [-0.05, 0) is 71.3 Å². The van der Waals surface area contributed by atoms with Gasteiger partial charge >= 0.3 is 0 Å². The van der Waals surface area contributed by atoms with Crippen LogP contribution in [0.15, 0.2) is 48.5 Å². The van der Waals surface area contributed by atoms with Crippen molar-refractivity contribution in [2.45, 2.75) is 25.4 Å². The first-order valence-electron chi connectivity index (χ1n) is 7.04. The van der Waals surface area contributed by atoms with Gasteiger partial charge in [0.25, 0.3) is 5.91 Å². The lowest BCUT2D eigenvalue weighted by Gasteiger charge is -2.23. The van der Waals surface area contributed by atoms with Crippen LogP contribution < -0.4 is 5.73 Å². The van der Waals surface area contributed by atoms with Gasteiger partial charge in [0.1, 0.15) is 0 Å². The second kappa shape index (κ2) is 6.05. The van der Waals surface area contributed by atoms with Crippen LogP contribution in [-0.4, -0.2) is 16.8 Å². The topological polar surface area (TPSA) is 46.3 Å². The molecule has 0 spiro atoms. The molecule has 3 rings (SSSR count). The number of nitrogens with two attached hydrogens (primary N) is 1. The Labute approximate surface area is 138 Å². The SMILES string of the molecule is Nc1cccc(CN(C(=O)c2cccc(I)c2)C2CC2)c1. The average molecular weight is 392 g/mol. The molecule has 1 fully saturated rings. The summed E-state index contributed by atoms with van der Waals surface area (Å²) in [7, 11) is 0. The van der Waals surface area contributed by atoms with Gasteiger partial charge in [-0.2, -0.15) is 0 Å². The average Bonchev–Trinajstić information content (AvgIpc) is 3.29. The first kappa shape index (κ1) is 14.4. The summed E-state index contributed by atoms with van der Waals surface area (Å²) in [5.74, 6) is 0.110. The van der Waals surface area contributed by atoms with E-state index in [4.69, 9.17) is 5.73 Å². The largest absolute Gasteiger partial charge is 0.399 e. The molecule has 2 N–H and O–H groups in total. The Morgan fingerprint density at radius 2 is 1.95 bits per heavy atom. The number of nitrogens with zero attached hydrogens (tertiary/aromatic N) is 1. The van der Waals surface area contributed by atoms with Crippen molar-refractivity contribution in [1.29, 1.82) is 0 Å². The summed E-state index contributed by atoms with van der Waals surface area (Å²) >= 11 is 2.24. The first-order chi connectivity index (χ1) is 10.1. The molecule has 108 valence electrons. The zero-order valence-electron chi connectivity index (χ0n) is 11.6. The molecule has 1 aliphatic rings. The van der Waals surface area contributed by atoms with E-state index in [1.807, 2.05) is 53.4 Å². The lowest BCUT2D eigenvalue weighted by Crippen LogP contribution is -2.32. The Kier molecular flexibility index (Phi) is 4.14. The standard InChI is InChI=1S/C17H17IN2O/c18-14-5-2-4-13(10-14)17(21)20(16-7-8-16)11-12-3-1-6-15(19)9-12/h1-6,9-10,16H,7-8,11,19H2. The van der Waals surface area contributed by atoms with Crippen LogP contribution in [0.4, 0.5) is 5.69 Å². The fraction of sp³-hybridized carbons (Fsp3) is 0.235. The van der Waals surface area contributed by atoms with E-state index in [1.54, 1.807) is 0 Å². The van der Waals surface area contributed by atoms with Crippen LogP contribution in [0.2, 0.25) is 0 Å². The van der Waals surface area contributed by atoms with Crippen molar-refractivity contribution >= 4 is 34.2 Å². The van der Waals surface area contributed by atoms with Crippen molar-refractivity contribution in [2.24, 2.45) is 0 Å². The Morgan fingerprint density at radius 1 is 1.19 bits per heavy atom. The van der Waals surface area contributed by atoms with Crippen LogP contribution in [0.1, 0.15) is 28.8 Å². The quantitative estimate of drug-likeness (QED) is 0.638. The maximum absolute atomic E-state index is 12.8. The zero-order chi connectivity index (χ0) is 14.8. The number of benzene rings is 2. The summed E-state index contributed by atoms with van der Waals surface area (Å²) in [6.07, 6.45) is 2.19. The van der Waals surface area contributed by atoms with E-state index in [0.29, 0.717) is 12.6 Å². The van der Waals surface area contributed by atoms with Gasteiger partial charge < -0.3 is 10.6 Å². The third-order valence-electron chi connectivity index (χ3n) is 3.62. The number of amides is 1. The fourth-order valence-electron chi connectivity index (χ4n) is 2.43. The molecule has 4 heteroatoms. The number of carbonyl (C=O) groups excluding carboxylic acids is 1. The number of anilines is 1. The lowest BCUT2D eigenvalue weighted by atomic mass is 10.1. The molecule has 2 aromatic rings. The number of carbonyl (C=O) groups is 1. The number of halogens is 1. The minimum Gasteiger partial charge on any atom is -0.399 e. The van der Waals surface area contributed by atoms with E-state index in [-0.39, 0.29) is 5.91 Å². The molecule has 0 unspecified atom stereocenters. The summed E-state index contributed by atoms with van der Waals surface area (Å²) in [6.45, 7) is 0.625. The molecule has 0 radical (unpaired) electrons. The van der Waals surface area contributed by atoms with Gasteiger partial charge in [-0.1, -0.05) is 18.2 Å². The third-order valence-corrected chi connectivity index (χ3v) is 4.30. The summed E-state index contributed by atoms with van der Waals surface area (Å²) in [6, 6.07) is 15.9. The molecule has 0 atom stereocenters. The number of rotatable bonds is 4. The van der Waals surface area contributed by atoms with Crippen LogP contribution in [0, 0.1) is 3.57 Å². The molecule has 21 heavy (non-hydrogen) atoms. The predicted molar refractivity (Wildman–Crippen MR) is 92.9 cm³/mol. The summed E-state index contributed by atoms with van der Waals surface area (Å²) in [5, 5.41) is 0. The van der Waals surface area contributed by atoms with Gasteiger partial charge in [-0.15, -0.1) is 0 Å². The van der Waals surface area contributed by atoms with Crippen molar-refractivity contribution in [3.63, 3.8) is 0 Å². The van der Waals surface area contributed by atoms with E-state index in [2.05, 4.69) is 22.6 Å². The molecule has 1 aliphatic carbocycles. The van der Waals surface area contributed by atoms with Crippen LogP contribution in [0.25, 0.3) is 0 Å². The highest BCUT2D eigenvalue weighted by Crippen LogP contribution is 2.30. The molecule has 0 aliphatic heterocycles. The van der Waals surface area contributed by atoms with E-state index in [0.717, 1.165) is 33.2 Å². The van der Waals surface area contributed by atoms with Gasteiger partial charge in [0.05, 0.1) is 0 Å².